The highest BCUT2D eigenvalue weighted by atomic mass is 19.3. The number of alkyl halides is 2. The quantitative estimate of drug-likeness (QED) is 0.647. The SMILES string of the molecule is CNCC1CN(CC(F)F)C1. The van der Waals surface area contributed by atoms with Crippen LogP contribution in [0.2, 0.25) is 0 Å². The summed E-state index contributed by atoms with van der Waals surface area (Å²) in [6, 6.07) is 0. The molecule has 1 aliphatic rings. The number of rotatable bonds is 4. The third-order valence-corrected chi connectivity index (χ3v) is 1.92. The van der Waals surface area contributed by atoms with E-state index in [1.807, 2.05) is 7.05 Å². The summed E-state index contributed by atoms with van der Waals surface area (Å²) in [7, 11) is 1.88. The first-order valence-corrected chi connectivity index (χ1v) is 3.87. The topological polar surface area (TPSA) is 15.3 Å². The van der Waals surface area contributed by atoms with Crippen LogP contribution < -0.4 is 5.32 Å². The van der Waals surface area contributed by atoms with Crippen LogP contribution in [0, 0.1) is 5.92 Å². The van der Waals surface area contributed by atoms with E-state index >= 15 is 0 Å². The highest BCUT2D eigenvalue weighted by Gasteiger charge is 2.27. The molecule has 0 aliphatic carbocycles. The first-order chi connectivity index (χ1) is 5.22. The van der Waals surface area contributed by atoms with Crippen molar-refractivity contribution in [3.8, 4) is 0 Å². The lowest BCUT2D eigenvalue weighted by Crippen LogP contribution is -2.51. The molecule has 0 radical (unpaired) electrons. The third kappa shape index (κ3) is 2.71. The van der Waals surface area contributed by atoms with Crippen LogP contribution in [0.4, 0.5) is 8.78 Å². The van der Waals surface area contributed by atoms with Crippen LogP contribution in [-0.2, 0) is 0 Å². The first-order valence-electron chi connectivity index (χ1n) is 3.87. The highest BCUT2D eigenvalue weighted by Crippen LogP contribution is 2.15. The molecule has 1 saturated heterocycles. The molecule has 11 heavy (non-hydrogen) atoms. The van der Waals surface area contributed by atoms with Gasteiger partial charge in [0.2, 0.25) is 0 Å². The van der Waals surface area contributed by atoms with Crippen LogP contribution in [-0.4, -0.2) is 44.6 Å². The number of likely N-dealkylation sites (tertiary alicyclic amines) is 1. The van der Waals surface area contributed by atoms with Crippen molar-refractivity contribution in [1.82, 2.24) is 10.2 Å². The Morgan fingerprint density at radius 2 is 2.18 bits per heavy atom. The lowest BCUT2D eigenvalue weighted by molar-refractivity contribution is 0.0260. The molecule has 1 fully saturated rings. The second kappa shape index (κ2) is 3.97. The average Bonchev–Trinajstić information content (AvgIpc) is 1.82. The molecular formula is C7H14F2N2. The Kier molecular flexibility index (Phi) is 3.20. The van der Waals surface area contributed by atoms with E-state index in [4.69, 9.17) is 0 Å². The van der Waals surface area contributed by atoms with Crippen molar-refractivity contribution in [3.05, 3.63) is 0 Å². The first kappa shape index (κ1) is 8.87. The molecule has 0 aromatic carbocycles. The minimum Gasteiger partial charge on any atom is -0.319 e. The Labute approximate surface area is 65.6 Å². The Morgan fingerprint density at radius 1 is 1.55 bits per heavy atom. The van der Waals surface area contributed by atoms with E-state index in [1.165, 1.54) is 0 Å². The molecule has 0 bridgehead atoms. The Bertz CT molecular complexity index is 113. The summed E-state index contributed by atoms with van der Waals surface area (Å²) in [5.41, 5.74) is 0. The maximum absolute atomic E-state index is 11.8. The highest BCUT2D eigenvalue weighted by molar-refractivity contribution is 4.80. The summed E-state index contributed by atoms with van der Waals surface area (Å²) < 4.78 is 23.5. The number of nitrogens with one attached hydrogen (secondary N) is 1. The van der Waals surface area contributed by atoms with Crippen LogP contribution in [0.3, 0.4) is 0 Å². The van der Waals surface area contributed by atoms with Crippen LogP contribution in [0.25, 0.3) is 0 Å². The summed E-state index contributed by atoms with van der Waals surface area (Å²) in [4.78, 5) is 1.78. The fourth-order valence-corrected chi connectivity index (χ4v) is 1.44. The number of hydrogen-bond donors (Lipinski definition) is 1. The molecule has 0 spiro atoms. The zero-order valence-corrected chi connectivity index (χ0v) is 6.69. The van der Waals surface area contributed by atoms with Gasteiger partial charge in [-0.1, -0.05) is 0 Å². The molecule has 1 aliphatic heterocycles. The van der Waals surface area contributed by atoms with Crippen molar-refractivity contribution in [2.75, 3.05) is 33.2 Å². The smallest absolute Gasteiger partial charge is 0.251 e. The van der Waals surface area contributed by atoms with Gasteiger partial charge in [0, 0.05) is 19.6 Å². The van der Waals surface area contributed by atoms with Crippen LogP contribution in [0.1, 0.15) is 0 Å². The van der Waals surface area contributed by atoms with Crippen molar-refractivity contribution < 1.29 is 8.78 Å². The minimum atomic E-state index is -2.18. The monoisotopic (exact) mass is 164 g/mol. The summed E-state index contributed by atoms with van der Waals surface area (Å²) >= 11 is 0. The zero-order valence-electron chi connectivity index (χ0n) is 6.69. The summed E-state index contributed by atoms with van der Waals surface area (Å²) in [5.74, 6) is 0.582. The summed E-state index contributed by atoms with van der Waals surface area (Å²) in [5, 5.41) is 3.03. The van der Waals surface area contributed by atoms with Crippen molar-refractivity contribution in [1.29, 1.82) is 0 Å². The van der Waals surface area contributed by atoms with Crippen LogP contribution in [0.5, 0.6) is 0 Å². The summed E-state index contributed by atoms with van der Waals surface area (Å²) in [6.45, 7) is 2.54. The molecule has 2 nitrogen and oxygen atoms in total. The largest absolute Gasteiger partial charge is 0.319 e. The molecule has 1 rings (SSSR count). The number of nitrogens with zero attached hydrogens (tertiary/aromatic N) is 1. The Morgan fingerprint density at radius 3 is 2.64 bits per heavy atom. The van der Waals surface area contributed by atoms with Gasteiger partial charge in [-0.05, 0) is 13.0 Å². The van der Waals surface area contributed by atoms with E-state index in [0.717, 1.165) is 19.6 Å². The number of hydrogen-bond acceptors (Lipinski definition) is 2. The molecule has 66 valence electrons. The van der Waals surface area contributed by atoms with Gasteiger partial charge in [0.1, 0.15) is 0 Å². The van der Waals surface area contributed by atoms with Crippen molar-refractivity contribution in [2.24, 2.45) is 5.92 Å². The van der Waals surface area contributed by atoms with E-state index < -0.39 is 6.43 Å². The van der Waals surface area contributed by atoms with Gasteiger partial charge in [-0.2, -0.15) is 0 Å². The van der Waals surface area contributed by atoms with Crippen LogP contribution >= 0.6 is 0 Å². The third-order valence-electron chi connectivity index (χ3n) is 1.92. The lowest BCUT2D eigenvalue weighted by atomic mass is 10.0. The van der Waals surface area contributed by atoms with Crippen molar-refractivity contribution >= 4 is 0 Å². The fourth-order valence-electron chi connectivity index (χ4n) is 1.44. The van der Waals surface area contributed by atoms with Gasteiger partial charge in [-0.15, -0.1) is 0 Å². The van der Waals surface area contributed by atoms with Gasteiger partial charge >= 0.3 is 0 Å². The van der Waals surface area contributed by atoms with Gasteiger partial charge in [0.05, 0.1) is 6.54 Å². The van der Waals surface area contributed by atoms with E-state index in [2.05, 4.69) is 5.32 Å². The van der Waals surface area contributed by atoms with Gasteiger partial charge in [0.15, 0.2) is 0 Å². The van der Waals surface area contributed by atoms with Gasteiger partial charge < -0.3 is 5.32 Å². The molecular weight excluding hydrogens is 150 g/mol. The second-order valence-corrected chi connectivity index (χ2v) is 3.03. The molecule has 0 amide bonds. The van der Waals surface area contributed by atoms with E-state index in [0.29, 0.717) is 5.92 Å². The number of halogens is 2. The maximum Gasteiger partial charge on any atom is 0.251 e. The lowest BCUT2D eigenvalue weighted by Gasteiger charge is -2.38. The minimum absolute atomic E-state index is 0.0553. The molecule has 0 aromatic heterocycles. The molecule has 0 unspecified atom stereocenters. The predicted octanol–water partition coefficient (Wildman–Crippen LogP) is 0.403. The predicted molar refractivity (Wildman–Crippen MR) is 39.9 cm³/mol. The van der Waals surface area contributed by atoms with E-state index in [9.17, 15) is 8.78 Å². The van der Waals surface area contributed by atoms with Gasteiger partial charge in [-0.25, -0.2) is 8.78 Å². The zero-order chi connectivity index (χ0) is 8.27. The molecule has 0 atom stereocenters. The standard InChI is InChI=1S/C7H14F2N2/c1-10-2-6-3-11(4-6)5-7(8)9/h6-7,10H,2-5H2,1H3. The van der Waals surface area contributed by atoms with Crippen molar-refractivity contribution in [3.63, 3.8) is 0 Å². The fraction of sp³-hybridized carbons (Fsp3) is 1.00. The van der Waals surface area contributed by atoms with Gasteiger partial charge in [0.25, 0.3) is 6.43 Å². The van der Waals surface area contributed by atoms with Gasteiger partial charge in [-0.3, -0.25) is 4.90 Å². The van der Waals surface area contributed by atoms with Crippen LogP contribution in [0.15, 0.2) is 0 Å². The van der Waals surface area contributed by atoms with E-state index in [1.54, 1.807) is 4.90 Å². The maximum atomic E-state index is 11.8. The summed E-state index contributed by atoms with van der Waals surface area (Å²) in [6.07, 6.45) is -2.18. The van der Waals surface area contributed by atoms with E-state index in [-0.39, 0.29) is 6.54 Å². The average molecular weight is 164 g/mol. The van der Waals surface area contributed by atoms with Crippen molar-refractivity contribution in [2.45, 2.75) is 6.43 Å². The second-order valence-electron chi connectivity index (χ2n) is 3.03. The molecule has 1 heterocycles. The molecule has 0 aromatic rings. The molecule has 1 N–H and O–H groups in total. The Balaban J connectivity index is 2.00. The molecule has 4 heteroatoms. The Hall–Kier alpha value is -0.220. The molecule has 0 saturated carbocycles. The normalized spacial score (nSPS) is 20.7.